The largest absolute Gasteiger partial charge is 0.388 e. The van der Waals surface area contributed by atoms with E-state index < -0.39 is 11.5 Å². The first-order valence-electron chi connectivity index (χ1n) is 7.18. The van der Waals surface area contributed by atoms with Crippen molar-refractivity contribution in [3.05, 3.63) is 35.4 Å². The lowest BCUT2D eigenvalue weighted by molar-refractivity contribution is -0.125. The van der Waals surface area contributed by atoms with Gasteiger partial charge in [0.05, 0.1) is 24.5 Å². The number of nitriles is 1. The van der Waals surface area contributed by atoms with E-state index >= 15 is 0 Å². The van der Waals surface area contributed by atoms with Crippen LogP contribution in [0.5, 0.6) is 0 Å². The highest BCUT2D eigenvalue weighted by Crippen LogP contribution is 2.25. The molecule has 0 aliphatic carbocycles. The van der Waals surface area contributed by atoms with E-state index in [1.807, 2.05) is 24.3 Å². The third-order valence-electron chi connectivity index (χ3n) is 3.85. The van der Waals surface area contributed by atoms with Crippen LogP contribution in [0.3, 0.4) is 0 Å². The fraction of sp³-hybridized carbons (Fsp3) is 0.500. The molecule has 1 aromatic carbocycles. The van der Waals surface area contributed by atoms with Crippen LogP contribution < -0.4 is 5.73 Å². The van der Waals surface area contributed by atoms with Crippen molar-refractivity contribution in [1.29, 1.82) is 5.26 Å². The van der Waals surface area contributed by atoms with Crippen molar-refractivity contribution < 1.29 is 9.90 Å². The number of likely N-dealkylation sites (tertiary alicyclic amines) is 1. The molecular formula is C16H21N3O2. The Labute approximate surface area is 125 Å². The Kier molecular flexibility index (Phi) is 4.94. The first-order chi connectivity index (χ1) is 10.0. The van der Waals surface area contributed by atoms with Crippen LogP contribution in [-0.4, -0.2) is 34.6 Å². The molecule has 0 aromatic heterocycles. The number of carbonyl (C=O) groups is 1. The molecule has 1 atom stereocenters. The van der Waals surface area contributed by atoms with Gasteiger partial charge in [-0.1, -0.05) is 24.3 Å². The van der Waals surface area contributed by atoms with Gasteiger partial charge in [0.25, 0.3) is 0 Å². The third kappa shape index (κ3) is 4.55. The molecule has 1 aliphatic heterocycles. The van der Waals surface area contributed by atoms with Crippen LogP contribution in [0.4, 0.5) is 0 Å². The molecule has 1 aromatic rings. The topological polar surface area (TPSA) is 90.3 Å². The average molecular weight is 287 g/mol. The van der Waals surface area contributed by atoms with Crippen LogP contribution in [0.25, 0.3) is 0 Å². The second-order valence-corrected chi connectivity index (χ2v) is 5.83. The molecule has 0 spiro atoms. The highest BCUT2D eigenvalue weighted by atomic mass is 16.3. The van der Waals surface area contributed by atoms with Crippen molar-refractivity contribution in [3.8, 4) is 6.07 Å². The summed E-state index contributed by atoms with van der Waals surface area (Å²) in [5.74, 6) is -0.458. The van der Waals surface area contributed by atoms with Crippen molar-refractivity contribution in [2.45, 2.75) is 37.8 Å². The van der Waals surface area contributed by atoms with Crippen molar-refractivity contribution >= 4 is 5.91 Å². The quantitative estimate of drug-likeness (QED) is 0.843. The minimum absolute atomic E-state index is 0.0185. The zero-order valence-corrected chi connectivity index (χ0v) is 12.1. The predicted molar refractivity (Wildman–Crippen MR) is 79.0 cm³/mol. The second kappa shape index (κ2) is 6.70. The number of β-amino-alcohol motifs (C(OH)–C–C–N with tert-alkyl or cyclic N) is 1. The first-order valence-corrected chi connectivity index (χ1v) is 7.18. The summed E-state index contributed by atoms with van der Waals surface area (Å²) in [6.45, 7) is 2.10. The van der Waals surface area contributed by atoms with Crippen LogP contribution in [-0.2, 0) is 17.8 Å². The molecule has 1 unspecified atom stereocenters. The lowest BCUT2D eigenvalue weighted by atomic mass is 9.89. The number of rotatable bonds is 5. The molecule has 112 valence electrons. The van der Waals surface area contributed by atoms with Gasteiger partial charge in [-0.25, -0.2) is 0 Å². The number of aliphatic hydroxyl groups is 1. The summed E-state index contributed by atoms with van der Waals surface area (Å²) in [5.41, 5.74) is 6.36. The number of piperidine rings is 1. The molecule has 0 saturated carbocycles. The van der Waals surface area contributed by atoms with E-state index in [0.717, 1.165) is 30.6 Å². The van der Waals surface area contributed by atoms with Crippen LogP contribution in [0.2, 0.25) is 0 Å². The van der Waals surface area contributed by atoms with Gasteiger partial charge in [0.2, 0.25) is 5.91 Å². The molecule has 21 heavy (non-hydrogen) atoms. The molecule has 0 radical (unpaired) electrons. The van der Waals surface area contributed by atoms with Gasteiger partial charge in [0.15, 0.2) is 0 Å². The number of amides is 1. The molecule has 1 saturated heterocycles. The van der Waals surface area contributed by atoms with Gasteiger partial charge >= 0.3 is 0 Å². The van der Waals surface area contributed by atoms with Crippen LogP contribution >= 0.6 is 0 Å². The SMILES string of the molecule is N#CCc1ccc(CN2CCCC(O)(CC(N)=O)C2)cc1. The van der Waals surface area contributed by atoms with Gasteiger partial charge in [-0.05, 0) is 30.5 Å². The minimum atomic E-state index is -0.995. The number of hydrogen-bond donors (Lipinski definition) is 2. The normalized spacial score (nSPS) is 22.7. The Balaban J connectivity index is 1.96. The molecule has 1 aliphatic rings. The van der Waals surface area contributed by atoms with Crippen LogP contribution in [0.1, 0.15) is 30.4 Å². The lowest BCUT2D eigenvalue weighted by Gasteiger charge is -2.38. The maximum atomic E-state index is 11.1. The molecular weight excluding hydrogens is 266 g/mol. The Bertz CT molecular complexity index is 535. The van der Waals surface area contributed by atoms with E-state index in [-0.39, 0.29) is 6.42 Å². The summed E-state index contributed by atoms with van der Waals surface area (Å²) in [6.07, 6.45) is 1.91. The van der Waals surface area contributed by atoms with E-state index in [4.69, 9.17) is 11.0 Å². The molecule has 2 rings (SSSR count). The summed E-state index contributed by atoms with van der Waals surface area (Å²) in [5, 5.41) is 19.1. The summed E-state index contributed by atoms with van der Waals surface area (Å²) < 4.78 is 0. The number of carbonyl (C=O) groups excluding carboxylic acids is 1. The summed E-state index contributed by atoms with van der Waals surface area (Å²) in [6, 6.07) is 10.1. The average Bonchev–Trinajstić information content (AvgIpc) is 2.40. The predicted octanol–water partition coefficient (Wildman–Crippen LogP) is 0.955. The third-order valence-corrected chi connectivity index (χ3v) is 3.85. The van der Waals surface area contributed by atoms with Crippen molar-refractivity contribution in [3.63, 3.8) is 0 Å². The molecule has 1 fully saturated rings. The molecule has 5 heteroatoms. The standard InChI is InChI=1S/C16H21N3O2/c17-8-6-13-2-4-14(5-3-13)11-19-9-1-7-16(21,12-19)10-15(18)20/h2-5,21H,1,6-7,9-12H2,(H2,18,20). The van der Waals surface area contributed by atoms with E-state index in [2.05, 4.69) is 11.0 Å². The molecule has 3 N–H and O–H groups in total. The van der Waals surface area contributed by atoms with E-state index in [0.29, 0.717) is 19.4 Å². The van der Waals surface area contributed by atoms with Gasteiger partial charge < -0.3 is 10.8 Å². The van der Waals surface area contributed by atoms with Crippen molar-refractivity contribution in [1.82, 2.24) is 4.90 Å². The van der Waals surface area contributed by atoms with Gasteiger partial charge in [-0.3, -0.25) is 9.69 Å². The number of nitrogens with zero attached hydrogens (tertiary/aromatic N) is 2. The number of nitrogens with two attached hydrogens (primary N) is 1. The Morgan fingerprint density at radius 1 is 1.38 bits per heavy atom. The smallest absolute Gasteiger partial charge is 0.220 e. The van der Waals surface area contributed by atoms with E-state index in [9.17, 15) is 9.90 Å². The zero-order valence-electron chi connectivity index (χ0n) is 12.1. The highest BCUT2D eigenvalue weighted by Gasteiger charge is 2.34. The molecule has 1 heterocycles. The van der Waals surface area contributed by atoms with E-state index in [1.54, 1.807) is 0 Å². The first kappa shape index (κ1) is 15.5. The summed E-state index contributed by atoms with van der Waals surface area (Å²) in [4.78, 5) is 13.2. The Morgan fingerprint density at radius 2 is 2.05 bits per heavy atom. The monoisotopic (exact) mass is 287 g/mol. The van der Waals surface area contributed by atoms with E-state index in [1.165, 1.54) is 0 Å². The second-order valence-electron chi connectivity index (χ2n) is 5.83. The maximum absolute atomic E-state index is 11.1. The molecule has 1 amide bonds. The summed E-state index contributed by atoms with van der Waals surface area (Å²) >= 11 is 0. The Morgan fingerprint density at radius 3 is 2.67 bits per heavy atom. The van der Waals surface area contributed by atoms with Gasteiger partial charge in [0.1, 0.15) is 0 Å². The number of primary amides is 1. The van der Waals surface area contributed by atoms with Gasteiger partial charge in [0, 0.05) is 13.1 Å². The van der Waals surface area contributed by atoms with Crippen LogP contribution in [0, 0.1) is 11.3 Å². The number of benzene rings is 1. The number of hydrogen-bond acceptors (Lipinski definition) is 4. The Hall–Kier alpha value is -1.90. The van der Waals surface area contributed by atoms with Gasteiger partial charge in [-0.15, -0.1) is 0 Å². The molecule has 5 nitrogen and oxygen atoms in total. The van der Waals surface area contributed by atoms with Gasteiger partial charge in [-0.2, -0.15) is 5.26 Å². The molecule has 0 bridgehead atoms. The fourth-order valence-corrected chi connectivity index (χ4v) is 2.92. The zero-order chi connectivity index (χ0) is 15.3. The van der Waals surface area contributed by atoms with Crippen molar-refractivity contribution in [2.75, 3.05) is 13.1 Å². The summed E-state index contributed by atoms with van der Waals surface area (Å²) in [7, 11) is 0. The van der Waals surface area contributed by atoms with Crippen molar-refractivity contribution in [2.24, 2.45) is 5.73 Å². The fourth-order valence-electron chi connectivity index (χ4n) is 2.92. The minimum Gasteiger partial charge on any atom is -0.388 e. The maximum Gasteiger partial charge on any atom is 0.220 e. The highest BCUT2D eigenvalue weighted by molar-refractivity contribution is 5.75. The van der Waals surface area contributed by atoms with Crippen LogP contribution in [0.15, 0.2) is 24.3 Å². The lowest BCUT2D eigenvalue weighted by Crippen LogP contribution is -2.49.